The van der Waals surface area contributed by atoms with E-state index in [1.807, 2.05) is 24.3 Å². The van der Waals surface area contributed by atoms with E-state index in [1.54, 1.807) is 31.2 Å². The number of nitrogens with one attached hydrogen (secondary N) is 1. The molecule has 4 nitrogen and oxygen atoms in total. The number of phenols is 1. The lowest BCUT2D eigenvalue weighted by atomic mass is 9.91. The number of halogens is 1. The minimum atomic E-state index is -1.05. The van der Waals surface area contributed by atoms with Gasteiger partial charge in [0, 0.05) is 10.2 Å². The van der Waals surface area contributed by atoms with Crippen LogP contribution >= 0.6 is 15.9 Å². The molecule has 0 amide bonds. The summed E-state index contributed by atoms with van der Waals surface area (Å²) in [4.78, 5) is 12.2. The molecule has 1 atom stereocenters. The summed E-state index contributed by atoms with van der Waals surface area (Å²) in [5, 5.41) is 12.6. The van der Waals surface area contributed by atoms with Gasteiger partial charge in [0.25, 0.3) is 0 Å². The first-order valence-corrected chi connectivity index (χ1v) is 7.16. The van der Waals surface area contributed by atoms with Crippen molar-refractivity contribution in [3.63, 3.8) is 0 Å². The Hall–Kier alpha value is -2.01. The quantitative estimate of drug-likeness (QED) is 0.827. The molecular formula is C16H16BrNO3. The standard InChI is InChI=1S/C16H16BrNO3/c1-16(15(20)21-2,11-6-8-14(19)9-7-11)18-13-5-3-4-12(17)10-13/h3-10,18-19H,1-2H3. The van der Waals surface area contributed by atoms with Crippen molar-refractivity contribution in [2.45, 2.75) is 12.5 Å². The maximum Gasteiger partial charge on any atom is 0.335 e. The van der Waals surface area contributed by atoms with Crippen LogP contribution in [-0.2, 0) is 15.1 Å². The predicted molar refractivity (Wildman–Crippen MR) is 85.2 cm³/mol. The van der Waals surface area contributed by atoms with Crippen molar-refractivity contribution < 1.29 is 14.6 Å². The van der Waals surface area contributed by atoms with E-state index in [9.17, 15) is 9.90 Å². The van der Waals surface area contributed by atoms with Gasteiger partial charge in [-0.25, -0.2) is 4.79 Å². The number of methoxy groups -OCH3 is 1. The highest BCUT2D eigenvalue weighted by Crippen LogP contribution is 2.29. The van der Waals surface area contributed by atoms with Gasteiger partial charge in [-0.05, 0) is 42.8 Å². The number of carbonyl (C=O) groups excluding carboxylic acids is 1. The number of hydrogen-bond donors (Lipinski definition) is 2. The zero-order chi connectivity index (χ0) is 15.5. The Morgan fingerprint density at radius 1 is 1.24 bits per heavy atom. The largest absolute Gasteiger partial charge is 0.508 e. The van der Waals surface area contributed by atoms with E-state index in [0.717, 1.165) is 10.2 Å². The fourth-order valence-electron chi connectivity index (χ4n) is 2.09. The SMILES string of the molecule is COC(=O)C(C)(Nc1cccc(Br)c1)c1ccc(O)cc1. The third kappa shape index (κ3) is 3.36. The average Bonchev–Trinajstić information content (AvgIpc) is 2.46. The van der Waals surface area contributed by atoms with Gasteiger partial charge >= 0.3 is 5.97 Å². The summed E-state index contributed by atoms with van der Waals surface area (Å²) in [5.41, 5.74) is 0.431. The van der Waals surface area contributed by atoms with Crippen LogP contribution < -0.4 is 5.32 Å². The van der Waals surface area contributed by atoms with Crippen molar-refractivity contribution in [1.29, 1.82) is 0 Å². The molecule has 0 radical (unpaired) electrons. The number of phenolic OH excluding ortho intramolecular Hbond substituents is 1. The number of ether oxygens (including phenoxy) is 1. The topological polar surface area (TPSA) is 58.6 Å². The van der Waals surface area contributed by atoms with Crippen LogP contribution in [0.15, 0.2) is 53.0 Å². The van der Waals surface area contributed by atoms with E-state index in [1.165, 1.54) is 7.11 Å². The second kappa shape index (κ2) is 6.18. The van der Waals surface area contributed by atoms with Gasteiger partial charge in [-0.2, -0.15) is 0 Å². The van der Waals surface area contributed by atoms with E-state index in [4.69, 9.17) is 4.74 Å². The summed E-state index contributed by atoms with van der Waals surface area (Å²) in [6, 6.07) is 14.0. The summed E-state index contributed by atoms with van der Waals surface area (Å²) < 4.78 is 5.83. The van der Waals surface area contributed by atoms with Gasteiger partial charge in [0.05, 0.1) is 7.11 Å². The Labute approximate surface area is 131 Å². The molecule has 0 aliphatic rings. The third-order valence-corrected chi connectivity index (χ3v) is 3.75. The van der Waals surface area contributed by atoms with Crippen molar-refractivity contribution in [3.05, 3.63) is 58.6 Å². The van der Waals surface area contributed by atoms with Crippen molar-refractivity contribution in [1.82, 2.24) is 0 Å². The van der Waals surface area contributed by atoms with Crippen molar-refractivity contribution in [2.75, 3.05) is 12.4 Å². The fraction of sp³-hybridized carbons (Fsp3) is 0.188. The van der Waals surface area contributed by atoms with E-state index >= 15 is 0 Å². The van der Waals surface area contributed by atoms with E-state index in [0.29, 0.717) is 5.56 Å². The van der Waals surface area contributed by atoms with Crippen LogP contribution in [0.1, 0.15) is 12.5 Å². The Morgan fingerprint density at radius 3 is 2.48 bits per heavy atom. The Morgan fingerprint density at radius 2 is 1.90 bits per heavy atom. The zero-order valence-corrected chi connectivity index (χ0v) is 13.3. The van der Waals surface area contributed by atoms with E-state index in [2.05, 4.69) is 21.2 Å². The molecule has 0 fully saturated rings. The monoisotopic (exact) mass is 349 g/mol. The van der Waals surface area contributed by atoms with Gasteiger partial charge in [0.1, 0.15) is 5.75 Å². The summed E-state index contributed by atoms with van der Waals surface area (Å²) in [6.07, 6.45) is 0. The highest BCUT2D eigenvalue weighted by atomic mass is 79.9. The lowest BCUT2D eigenvalue weighted by Gasteiger charge is -2.29. The van der Waals surface area contributed by atoms with Crippen LogP contribution in [0.2, 0.25) is 0 Å². The predicted octanol–water partition coefficient (Wildman–Crippen LogP) is 3.66. The number of anilines is 1. The summed E-state index contributed by atoms with van der Waals surface area (Å²) in [6.45, 7) is 1.74. The average molecular weight is 350 g/mol. The van der Waals surface area contributed by atoms with Gasteiger partial charge in [-0.3, -0.25) is 0 Å². The molecule has 1 unspecified atom stereocenters. The Bertz CT molecular complexity index is 642. The summed E-state index contributed by atoms with van der Waals surface area (Å²) >= 11 is 3.40. The molecule has 0 heterocycles. The van der Waals surface area contributed by atoms with Gasteiger partial charge in [-0.1, -0.05) is 34.1 Å². The molecule has 0 bridgehead atoms. The van der Waals surface area contributed by atoms with Gasteiger partial charge in [0.15, 0.2) is 5.54 Å². The lowest BCUT2D eigenvalue weighted by Crippen LogP contribution is -2.41. The molecular weight excluding hydrogens is 334 g/mol. The Balaban J connectivity index is 2.42. The lowest BCUT2D eigenvalue weighted by molar-refractivity contribution is -0.145. The molecule has 2 aromatic rings. The molecule has 0 aromatic heterocycles. The normalized spacial score (nSPS) is 13.3. The first kappa shape index (κ1) is 15.4. The number of carbonyl (C=O) groups is 1. The molecule has 0 saturated carbocycles. The molecule has 2 rings (SSSR count). The molecule has 2 aromatic carbocycles. The van der Waals surface area contributed by atoms with Crippen molar-refractivity contribution in [2.24, 2.45) is 0 Å². The van der Waals surface area contributed by atoms with Crippen molar-refractivity contribution >= 4 is 27.6 Å². The van der Waals surface area contributed by atoms with Crippen LogP contribution in [0.3, 0.4) is 0 Å². The molecule has 0 saturated heterocycles. The highest BCUT2D eigenvalue weighted by molar-refractivity contribution is 9.10. The molecule has 5 heteroatoms. The zero-order valence-electron chi connectivity index (χ0n) is 11.8. The molecule has 2 N–H and O–H groups in total. The molecule has 110 valence electrons. The number of esters is 1. The maximum absolute atomic E-state index is 12.2. The van der Waals surface area contributed by atoms with Crippen LogP contribution in [0, 0.1) is 0 Å². The molecule has 0 spiro atoms. The van der Waals surface area contributed by atoms with Crippen molar-refractivity contribution in [3.8, 4) is 5.75 Å². The summed E-state index contributed by atoms with van der Waals surface area (Å²) in [7, 11) is 1.35. The van der Waals surface area contributed by atoms with Crippen LogP contribution in [0.25, 0.3) is 0 Å². The second-order valence-corrected chi connectivity index (χ2v) is 5.71. The minimum absolute atomic E-state index is 0.147. The number of hydrogen-bond acceptors (Lipinski definition) is 4. The first-order valence-electron chi connectivity index (χ1n) is 6.37. The molecule has 21 heavy (non-hydrogen) atoms. The first-order chi connectivity index (χ1) is 9.95. The molecule has 0 aliphatic heterocycles. The van der Waals surface area contributed by atoms with Crippen LogP contribution in [0.4, 0.5) is 5.69 Å². The third-order valence-electron chi connectivity index (χ3n) is 3.26. The van der Waals surface area contributed by atoms with Gasteiger partial charge in [-0.15, -0.1) is 0 Å². The smallest absolute Gasteiger partial charge is 0.335 e. The van der Waals surface area contributed by atoms with Gasteiger partial charge < -0.3 is 15.2 Å². The fourth-order valence-corrected chi connectivity index (χ4v) is 2.49. The number of benzene rings is 2. The Kier molecular flexibility index (Phi) is 4.53. The van der Waals surface area contributed by atoms with Crippen LogP contribution in [0.5, 0.6) is 5.75 Å². The van der Waals surface area contributed by atoms with Crippen LogP contribution in [-0.4, -0.2) is 18.2 Å². The van der Waals surface area contributed by atoms with E-state index < -0.39 is 11.5 Å². The van der Waals surface area contributed by atoms with E-state index in [-0.39, 0.29) is 5.75 Å². The number of aromatic hydroxyl groups is 1. The van der Waals surface area contributed by atoms with Gasteiger partial charge in [0.2, 0.25) is 0 Å². The number of rotatable bonds is 4. The second-order valence-electron chi connectivity index (χ2n) is 4.80. The minimum Gasteiger partial charge on any atom is -0.508 e. The maximum atomic E-state index is 12.2. The summed E-state index contributed by atoms with van der Waals surface area (Å²) in [5.74, 6) is -0.262. The highest BCUT2D eigenvalue weighted by Gasteiger charge is 2.36. The molecule has 0 aliphatic carbocycles.